The van der Waals surface area contributed by atoms with Crippen LogP contribution in [0.15, 0.2) is 24.3 Å². The average Bonchev–Trinajstić information content (AvgIpc) is 2.59. The molecule has 3 heteroatoms. The Hall–Kier alpha value is -1.53. The molecule has 1 N–H and O–H groups in total. The monoisotopic (exact) mass is 216 g/mol. The predicted molar refractivity (Wildman–Crippen MR) is 63.2 cm³/mol. The van der Waals surface area contributed by atoms with Crippen molar-refractivity contribution in [2.45, 2.75) is 25.3 Å². The van der Waals surface area contributed by atoms with Crippen LogP contribution < -0.4 is 5.32 Å². The highest BCUT2D eigenvalue weighted by molar-refractivity contribution is 5.47. The highest BCUT2D eigenvalue weighted by atomic mass is 16.5. The molecule has 3 nitrogen and oxygen atoms in total. The molecule has 16 heavy (non-hydrogen) atoms. The fraction of sp³-hybridized carbons (Fsp3) is 0.462. The smallest absolute Gasteiger partial charge is 0.0991 e. The number of benzene rings is 1. The quantitative estimate of drug-likeness (QED) is 0.826. The van der Waals surface area contributed by atoms with E-state index < -0.39 is 0 Å². The highest BCUT2D eigenvalue weighted by Crippen LogP contribution is 2.16. The number of hydrogen-bond donors (Lipinski definition) is 1. The van der Waals surface area contributed by atoms with Crippen molar-refractivity contribution in [3.05, 3.63) is 29.8 Å². The van der Waals surface area contributed by atoms with Gasteiger partial charge in [0.1, 0.15) is 0 Å². The van der Waals surface area contributed by atoms with E-state index in [4.69, 9.17) is 10.00 Å². The second kappa shape index (κ2) is 5.53. The van der Waals surface area contributed by atoms with E-state index in [0.29, 0.717) is 11.6 Å². The molecule has 0 aromatic heterocycles. The molecular formula is C13H16N2O. The van der Waals surface area contributed by atoms with Crippen LogP contribution in [-0.4, -0.2) is 19.3 Å². The van der Waals surface area contributed by atoms with Crippen molar-refractivity contribution in [1.29, 1.82) is 5.26 Å². The van der Waals surface area contributed by atoms with Gasteiger partial charge in [-0.25, -0.2) is 0 Å². The van der Waals surface area contributed by atoms with Gasteiger partial charge in [-0.3, -0.25) is 0 Å². The third kappa shape index (κ3) is 2.98. The van der Waals surface area contributed by atoms with E-state index in [0.717, 1.165) is 38.2 Å². The molecule has 2 rings (SSSR count). The molecule has 0 spiro atoms. The van der Waals surface area contributed by atoms with E-state index in [1.165, 1.54) is 0 Å². The first-order chi connectivity index (χ1) is 7.88. The Kier molecular flexibility index (Phi) is 3.79. The Morgan fingerprint density at radius 1 is 1.19 bits per heavy atom. The summed E-state index contributed by atoms with van der Waals surface area (Å²) in [4.78, 5) is 0. The minimum atomic E-state index is 0.496. The molecule has 0 aliphatic carbocycles. The molecule has 1 aliphatic rings. The van der Waals surface area contributed by atoms with Crippen LogP contribution in [0.1, 0.15) is 24.8 Å². The minimum absolute atomic E-state index is 0.496. The van der Waals surface area contributed by atoms with E-state index >= 15 is 0 Å². The van der Waals surface area contributed by atoms with Gasteiger partial charge in [-0.15, -0.1) is 0 Å². The molecule has 1 fully saturated rings. The lowest BCUT2D eigenvalue weighted by molar-refractivity contribution is 0.144. The Morgan fingerprint density at radius 2 is 2.00 bits per heavy atom. The summed E-state index contributed by atoms with van der Waals surface area (Å²) < 4.78 is 5.42. The van der Waals surface area contributed by atoms with Crippen molar-refractivity contribution < 1.29 is 4.74 Å². The van der Waals surface area contributed by atoms with E-state index in [9.17, 15) is 0 Å². The minimum Gasteiger partial charge on any atom is -0.382 e. The van der Waals surface area contributed by atoms with Crippen LogP contribution in [0.4, 0.5) is 5.69 Å². The normalized spacial score (nSPS) is 20.8. The summed E-state index contributed by atoms with van der Waals surface area (Å²) >= 11 is 0. The molecule has 0 bridgehead atoms. The van der Waals surface area contributed by atoms with Crippen molar-refractivity contribution in [2.75, 3.05) is 18.5 Å². The number of nitrogens with one attached hydrogen (secondary N) is 1. The number of hydrogen-bond acceptors (Lipinski definition) is 3. The number of rotatable bonds is 2. The fourth-order valence-corrected chi connectivity index (χ4v) is 1.92. The van der Waals surface area contributed by atoms with Gasteiger partial charge in [-0.2, -0.15) is 5.26 Å². The summed E-state index contributed by atoms with van der Waals surface area (Å²) in [6, 6.07) is 10.2. The number of anilines is 1. The lowest BCUT2D eigenvalue weighted by Crippen LogP contribution is -2.19. The van der Waals surface area contributed by atoms with E-state index in [1.54, 1.807) is 0 Å². The largest absolute Gasteiger partial charge is 0.382 e. The predicted octanol–water partition coefficient (Wildman–Crippen LogP) is 2.54. The van der Waals surface area contributed by atoms with Gasteiger partial charge in [0, 0.05) is 24.9 Å². The van der Waals surface area contributed by atoms with Crippen molar-refractivity contribution >= 4 is 5.69 Å². The van der Waals surface area contributed by atoms with E-state index in [1.807, 2.05) is 24.3 Å². The van der Waals surface area contributed by atoms with Gasteiger partial charge in [-0.1, -0.05) is 0 Å². The summed E-state index contributed by atoms with van der Waals surface area (Å²) in [5.74, 6) is 0. The second-order valence-corrected chi connectivity index (χ2v) is 4.07. The van der Waals surface area contributed by atoms with Crippen LogP contribution >= 0.6 is 0 Å². The maximum atomic E-state index is 8.70. The van der Waals surface area contributed by atoms with Crippen LogP contribution in [0.2, 0.25) is 0 Å². The summed E-state index contributed by atoms with van der Waals surface area (Å²) in [6.45, 7) is 1.72. The standard InChI is InChI=1S/C13H16N2O/c14-10-11-3-5-13(6-4-11)15-12-2-1-8-16-9-7-12/h3-6,12,15H,1-2,7-9H2. The molecule has 1 heterocycles. The van der Waals surface area contributed by atoms with Crippen LogP contribution in [-0.2, 0) is 4.74 Å². The maximum Gasteiger partial charge on any atom is 0.0991 e. The lowest BCUT2D eigenvalue weighted by atomic mass is 10.1. The topological polar surface area (TPSA) is 45.0 Å². The number of nitriles is 1. The summed E-state index contributed by atoms with van der Waals surface area (Å²) in [7, 11) is 0. The third-order valence-electron chi connectivity index (χ3n) is 2.84. The molecule has 1 unspecified atom stereocenters. The van der Waals surface area contributed by atoms with Crippen LogP contribution in [0.5, 0.6) is 0 Å². The van der Waals surface area contributed by atoms with Gasteiger partial charge < -0.3 is 10.1 Å². The molecule has 0 saturated carbocycles. The van der Waals surface area contributed by atoms with Crippen molar-refractivity contribution in [3.63, 3.8) is 0 Å². The third-order valence-corrected chi connectivity index (χ3v) is 2.84. The molecule has 1 aromatic carbocycles. The summed E-state index contributed by atoms with van der Waals surface area (Å²) in [5, 5.41) is 12.2. The molecule has 1 saturated heterocycles. The fourth-order valence-electron chi connectivity index (χ4n) is 1.92. The summed E-state index contributed by atoms with van der Waals surface area (Å²) in [5.41, 5.74) is 1.79. The molecule has 0 amide bonds. The molecule has 0 radical (unpaired) electrons. The van der Waals surface area contributed by atoms with Crippen LogP contribution in [0.25, 0.3) is 0 Å². The van der Waals surface area contributed by atoms with Gasteiger partial charge in [0.2, 0.25) is 0 Å². The van der Waals surface area contributed by atoms with Gasteiger partial charge in [0.15, 0.2) is 0 Å². The van der Waals surface area contributed by atoms with Crippen LogP contribution in [0, 0.1) is 11.3 Å². The molecule has 84 valence electrons. The molecule has 1 aromatic rings. The van der Waals surface area contributed by atoms with E-state index in [2.05, 4.69) is 11.4 Å². The maximum absolute atomic E-state index is 8.70. The Labute approximate surface area is 96.0 Å². The van der Waals surface area contributed by atoms with Gasteiger partial charge in [0.25, 0.3) is 0 Å². The number of ether oxygens (including phenoxy) is 1. The van der Waals surface area contributed by atoms with Crippen molar-refractivity contribution in [3.8, 4) is 6.07 Å². The Bertz CT molecular complexity index is 359. The zero-order chi connectivity index (χ0) is 11.2. The highest BCUT2D eigenvalue weighted by Gasteiger charge is 2.11. The summed E-state index contributed by atoms with van der Waals surface area (Å²) in [6.07, 6.45) is 3.33. The second-order valence-electron chi connectivity index (χ2n) is 4.07. The first-order valence-electron chi connectivity index (χ1n) is 5.73. The zero-order valence-corrected chi connectivity index (χ0v) is 9.28. The van der Waals surface area contributed by atoms with Crippen molar-refractivity contribution in [1.82, 2.24) is 0 Å². The SMILES string of the molecule is N#Cc1ccc(NC2CCCOCC2)cc1. The van der Waals surface area contributed by atoms with Gasteiger partial charge in [-0.05, 0) is 43.5 Å². The lowest BCUT2D eigenvalue weighted by Gasteiger charge is -2.16. The van der Waals surface area contributed by atoms with E-state index in [-0.39, 0.29) is 0 Å². The molecule has 1 atom stereocenters. The molecule has 1 aliphatic heterocycles. The first kappa shape index (κ1) is 11.0. The average molecular weight is 216 g/mol. The Balaban J connectivity index is 1.94. The van der Waals surface area contributed by atoms with Crippen LogP contribution in [0.3, 0.4) is 0 Å². The Morgan fingerprint density at radius 3 is 2.75 bits per heavy atom. The van der Waals surface area contributed by atoms with Crippen molar-refractivity contribution in [2.24, 2.45) is 0 Å². The van der Waals surface area contributed by atoms with Gasteiger partial charge >= 0.3 is 0 Å². The zero-order valence-electron chi connectivity index (χ0n) is 9.28. The van der Waals surface area contributed by atoms with Gasteiger partial charge in [0.05, 0.1) is 11.6 Å². The number of nitrogens with zero attached hydrogens (tertiary/aromatic N) is 1. The first-order valence-corrected chi connectivity index (χ1v) is 5.73. The molecular weight excluding hydrogens is 200 g/mol.